The van der Waals surface area contributed by atoms with Crippen LogP contribution in [0.25, 0.3) is 0 Å². The molecular weight excluding hydrogens is 186 g/mol. The summed E-state index contributed by atoms with van der Waals surface area (Å²) in [4.78, 5) is 5.15. The molecule has 0 unspecified atom stereocenters. The van der Waals surface area contributed by atoms with Gasteiger partial charge < -0.3 is 4.84 Å². The summed E-state index contributed by atoms with van der Waals surface area (Å²) in [5.74, 6) is 0. The van der Waals surface area contributed by atoms with Crippen molar-refractivity contribution in [3.8, 4) is 0 Å². The summed E-state index contributed by atoms with van der Waals surface area (Å²) in [5, 5.41) is 4.19. The SMILES string of the molecule is CCON=C1CCCc2cc(C)ccc21. The van der Waals surface area contributed by atoms with Crippen molar-refractivity contribution in [2.24, 2.45) is 5.16 Å². The van der Waals surface area contributed by atoms with Crippen molar-refractivity contribution in [1.82, 2.24) is 0 Å². The Balaban J connectivity index is 2.34. The Morgan fingerprint density at radius 3 is 3.00 bits per heavy atom. The van der Waals surface area contributed by atoms with Crippen molar-refractivity contribution in [1.29, 1.82) is 0 Å². The lowest BCUT2D eigenvalue weighted by Gasteiger charge is -2.17. The highest BCUT2D eigenvalue weighted by Crippen LogP contribution is 2.22. The smallest absolute Gasteiger partial charge is 0.114 e. The van der Waals surface area contributed by atoms with E-state index in [0.29, 0.717) is 6.61 Å². The van der Waals surface area contributed by atoms with Crippen LogP contribution in [0.5, 0.6) is 0 Å². The van der Waals surface area contributed by atoms with E-state index >= 15 is 0 Å². The molecule has 0 aromatic heterocycles. The average molecular weight is 203 g/mol. The van der Waals surface area contributed by atoms with E-state index in [4.69, 9.17) is 4.84 Å². The molecule has 15 heavy (non-hydrogen) atoms. The summed E-state index contributed by atoms with van der Waals surface area (Å²) in [6, 6.07) is 6.57. The first-order valence-corrected chi connectivity index (χ1v) is 5.60. The molecule has 0 aliphatic heterocycles. The molecule has 2 nitrogen and oxygen atoms in total. The lowest BCUT2D eigenvalue weighted by atomic mass is 9.89. The molecule has 1 aliphatic rings. The molecule has 1 aromatic carbocycles. The summed E-state index contributed by atoms with van der Waals surface area (Å²) in [6.07, 6.45) is 3.39. The van der Waals surface area contributed by atoms with Crippen molar-refractivity contribution in [3.63, 3.8) is 0 Å². The zero-order chi connectivity index (χ0) is 10.7. The number of rotatable bonds is 2. The Morgan fingerprint density at radius 1 is 1.33 bits per heavy atom. The van der Waals surface area contributed by atoms with Crippen LogP contribution in [0.1, 0.15) is 36.5 Å². The van der Waals surface area contributed by atoms with E-state index in [1.54, 1.807) is 0 Å². The Bertz CT molecular complexity index is 382. The van der Waals surface area contributed by atoms with Crippen LogP contribution in [-0.4, -0.2) is 12.3 Å². The van der Waals surface area contributed by atoms with Crippen LogP contribution < -0.4 is 0 Å². The number of hydrogen-bond donors (Lipinski definition) is 0. The van der Waals surface area contributed by atoms with Gasteiger partial charge in [0.1, 0.15) is 6.61 Å². The van der Waals surface area contributed by atoms with Gasteiger partial charge in [-0.3, -0.25) is 0 Å². The first kappa shape index (κ1) is 10.2. The molecule has 80 valence electrons. The summed E-state index contributed by atoms with van der Waals surface area (Å²) >= 11 is 0. The number of nitrogens with zero attached hydrogens (tertiary/aromatic N) is 1. The fourth-order valence-electron chi connectivity index (χ4n) is 2.03. The van der Waals surface area contributed by atoms with Gasteiger partial charge in [0.15, 0.2) is 0 Å². The molecule has 0 saturated heterocycles. The first-order valence-electron chi connectivity index (χ1n) is 5.60. The minimum absolute atomic E-state index is 0.644. The van der Waals surface area contributed by atoms with Crippen molar-refractivity contribution in [3.05, 3.63) is 34.9 Å². The maximum absolute atomic E-state index is 5.15. The Hall–Kier alpha value is -1.31. The topological polar surface area (TPSA) is 21.6 Å². The molecule has 0 amide bonds. The Morgan fingerprint density at radius 2 is 2.20 bits per heavy atom. The van der Waals surface area contributed by atoms with Gasteiger partial charge in [0.05, 0.1) is 5.71 Å². The number of aryl methyl sites for hydroxylation is 2. The zero-order valence-electron chi connectivity index (χ0n) is 9.42. The molecule has 0 radical (unpaired) electrons. The van der Waals surface area contributed by atoms with Crippen LogP contribution >= 0.6 is 0 Å². The van der Waals surface area contributed by atoms with Crippen LogP contribution in [-0.2, 0) is 11.3 Å². The summed E-state index contributed by atoms with van der Waals surface area (Å²) in [5.41, 5.74) is 5.13. The van der Waals surface area contributed by atoms with Gasteiger partial charge >= 0.3 is 0 Å². The second kappa shape index (κ2) is 4.47. The third-order valence-electron chi connectivity index (χ3n) is 2.74. The fourth-order valence-corrected chi connectivity index (χ4v) is 2.03. The Kier molecular flexibility index (Phi) is 3.05. The van der Waals surface area contributed by atoms with E-state index < -0.39 is 0 Å². The predicted octanol–water partition coefficient (Wildman–Crippen LogP) is 3.07. The van der Waals surface area contributed by atoms with Crippen molar-refractivity contribution >= 4 is 5.71 Å². The normalized spacial score (nSPS) is 17.6. The summed E-state index contributed by atoms with van der Waals surface area (Å²) in [7, 11) is 0. The molecule has 0 fully saturated rings. The quantitative estimate of drug-likeness (QED) is 0.677. The molecule has 0 bridgehead atoms. The van der Waals surface area contributed by atoms with Gasteiger partial charge in [-0.2, -0.15) is 0 Å². The molecule has 0 heterocycles. The second-order valence-electron chi connectivity index (χ2n) is 3.97. The van der Waals surface area contributed by atoms with Gasteiger partial charge in [-0.05, 0) is 38.7 Å². The van der Waals surface area contributed by atoms with E-state index in [1.807, 2.05) is 6.92 Å². The number of oxime groups is 1. The lowest BCUT2D eigenvalue weighted by Crippen LogP contribution is -2.12. The molecule has 0 atom stereocenters. The molecule has 2 heteroatoms. The van der Waals surface area contributed by atoms with E-state index in [2.05, 4.69) is 30.3 Å². The molecule has 0 saturated carbocycles. The van der Waals surface area contributed by atoms with E-state index in [1.165, 1.54) is 29.5 Å². The number of benzene rings is 1. The monoisotopic (exact) mass is 203 g/mol. The largest absolute Gasteiger partial charge is 0.396 e. The van der Waals surface area contributed by atoms with Crippen molar-refractivity contribution in [2.45, 2.75) is 33.1 Å². The predicted molar refractivity (Wildman–Crippen MR) is 62.3 cm³/mol. The molecule has 0 spiro atoms. The van der Waals surface area contributed by atoms with E-state index in [-0.39, 0.29) is 0 Å². The molecule has 0 N–H and O–H groups in total. The van der Waals surface area contributed by atoms with E-state index in [9.17, 15) is 0 Å². The van der Waals surface area contributed by atoms with Crippen LogP contribution in [0.2, 0.25) is 0 Å². The highest BCUT2D eigenvalue weighted by molar-refractivity contribution is 6.02. The minimum atomic E-state index is 0.644. The van der Waals surface area contributed by atoms with Gasteiger partial charge in [-0.15, -0.1) is 0 Å². The zero-order valence-corrected chi connectivity index (χ0v) is 9.42. The van der Waals surface area contributed by atoms with Crippen molar-refractivity contribution in [2.75, 3.05) is 6.61 Å². The van der Waals surface area contributed by atoms with Gasteiger partial charge in [0, 0.05) is 5.56 Å². The van der Waals surface area contributed by atoms with Crippen LogP contribution in [0.4, 0.5) is 0 Å². The van der Waals surface area contributed by atoms with Gasteiger partial charge in [-0.25, -0.2) is 0 Å². The summed E-state index contributed by atoms with van der Waals surface area (Å²) < 4.78 is 0. The molecule has 1 aromatic rings. The number of fused-ring (bicyclic) bond motifs is 1. The molecule has 1 aliphatic carbocycles. The third-order valence-corrected chi connectivity index (χ3v) is 2.74. The highest BCUT2D eigenvalue weighted by atomic mass is 16.6. The lowest BCUT2D eigenvalue weighted by molar-refractivity contribution is 0.158. The second-order valence-corrected chi connectivity index (χ2v) is 3.97. The van der Waals surface area contributed by atoms with Crippen LogP contribution in [0.3, 0.4) is 0 Å². The van der Waals surface area contributed by atoms with Crippen molar-refractivity contribution < 1.29 is 4.84 Å². The molecule has 2 rings (SSSR count). The van der Waals surface area contributed by atoms with Crippen LogP contribution in [0, 0.1) is 6.92 Å². The van der Waals surface area contributed by atoms with Gasteiger partial charge in [0.2, 0.25) is 0 Å². The average Bonchev–Trinajstić information content (AvgIpc) is 2.25. The third kappa shape index (κ3) is 2.20. The maximum Gasteiger partial charge on any atom is 0.114 e. The highest BCUT2D eigenvalue weighted by Gasteiger charge is 2.15. The van der Waals surface area contributed by atoms with E-state index in [0.717, 1.165) is 12.1 Å². The summed E-state index contributed by atoms with van der Waals surface area (Å²) in [6.45, 7) is 4.74. The first-order chi connectivity index (χ1) is 7.31. The maximum atomic E-state index is 5.15. The minimum Gasteiger partial charge on any atom is -0.396 e. The van der Waals surface area contributed by atoms with Gasteiger partial charge in [-0.1, -0.05) is 28.9 Å². The Labute approximate surface area is 90.9 Å². The molecular formula is C13H17NO. The number of hydrogen-bond acceptors (Lipinski definition) is 2. The standard InChI is InChI=1S/C13H17NO/c1-3-15-14-13-6-4-5-11-9-10(2)7-8-12(11)13/h7-9H,3-6H2,1-2H3. The fraction of sp³-hybridized carbons (Fsp3) is 0.462. The van der Waals surface area contributed by atoms with Crippen LogP contribution in [0.15, 0.2) is 23.4 Å². The van der Waals surface area contributed by atoms with Gasteiger partial charge in [0.25, 0.3) is 0 Å².